The molecule has 1 heterocycles. The first-order valence-corrected chi connectivity index (χ1v) is 4.74. The van der Waals surface area contributed by atoms with Crippen molar-refractivity contribution in [3.05, 3.63) is 17.0 Å². The minimum atomic E-state index is 0.149. The number of nitrogens with zero attached hydrogens (tertiary/aromatic N) is 2. The fourth-order valence-corrected chi connectivity index (χ4v) is 1.99. The molecule has 0 saturated carbocycles. The highest BCUT2D eigenvalue weighted by Gasteiger charge is 2.26. The lowest BCUT2D eigenvalue weighted by atomic mass is 9.86. The van der Waals surface area contributed by atoms with Crippen LogP contribution in [0.2, 0.25) is 0 Å². The summed E-state index contributed by atoms with van der Waals surface area (Å²) in [6, 6.07) is 0. The molecular formula is C10H13N3O. The van der Waals surface area contributed by atoms with Gasteiger partial charge in [-0.05, 0) is 19.3 Å². The zero-order valence-corrected chi connectivity index (χ0v) is 8.37. The Morgan fingerprint density at radius 1 is 1.36 bits per heavy atom. The molecule has 0 spiro atoms. The Bertz CT molecular complexity index is 401. The zero-order chi connectivity index (χ0) is 10.3. The summed E-state index contributed by atoms with van der Waals surface area (Å²) in [5, 5.41) is 0. The van der Waals surface area contributed by atoms with Crippen LogP contribution < -0.4 is 5.73 Å². The summed E-state index contributed by atoms with van der Waals surface area (Å²) in [5.74, 6) is 0.781. The fourth-order valence-electron chi connectivity index (χ4n) is 1.99. The van der Waals surface area contributed by atoms with Crippen LogP contribution in [0.1, 0.15) is 35.1 Å². The van der Waals surface area contributed by atoms with Crippen LogP contribution in [0.25, 0.3) is 0 Å². The third-order valence-corrected chi connectivity index (χ3v) is 2.54. The van der Waals surface area contributed by atoms with E-state index in [1.54, 1.807) is 0 Å². The highest BCUT2D eigenvalue weighted by atomic mass is 16.1. The normalized spacial score (nSPS) is 20.7. The third kappa shape index (κ3) is 1.36. The van der Waals surface area contributed by atoms with E-state index in [0.717, 1.165) is 12.1 Å². The van der Waals surface area contributed by atoms with Crippen LogP contribution in [0, 0.1) is 12.8 Å². The molecule has 0 saturated heterocycles. The minimum absolute atomic E-state index is 0.149. The van der Waals surface area contributed by atoms with Crippen LogP contribution in [0.15, 0.2) is 0 Å². The van der Waals surface area contributed by atoms with E-state index < -0.39 is 0 Å². The van der Waals surface area contributed by atoms with Gasteiger partial charge in [0.2, 0.25) is 5.95 Å². The Hall–Kier alpha value is -1.45. The van der Waals surface area contributed by atoms with Gasteiger partial charge in [0.25, 0.3) is 0 Å². The second-order valence-corrected chi connectivity index (χ2v) is 3.93. The Balaban J connectivity index is 2.59. The van der Waals surface area contributed by atoms with Crippen LogP contribution >= 0.6 is 0 Å². The summed E-state index contributed by atoms with van der Waals surface area (Å²) >= 11 is 0. The average Bonchev–Trinajstić information content (AvgIpc) is 1.99. The topological polar surface area (TPSA) is 68.9 Å². The largest absolute Gasteiger partial charge is 0.368 e. The van der Waals surface area contributed by atoms with E-state index in [9.17, 15) is 4.79 Å². The van der Waals surface area contributed by atoms with Crippen molar-refractivity contribution in [2.24, 2.45) is 5.92 Å². The van der Waals surface area contributed by atoms with E-state index in [2.05, 4.69) is 16.9 Å². The molecule has 4 heteroatoms. The molecule has 0 aromatic carbocycles. The second-order valence-electron chi connectivity index (χ2n) is 3.93. The predicted molar refractivity (Wildman–Crippen MR) is 53.0 cm³/mol. The van der Waals surface area contributed by atoms with Gasteiger partial charge in [-0.1, -0.05) is 6.92 Å². The van der Waals surface area contributed by atoms with Gasteiger partial charge in [0, 0.05) is 6.42 Å². The minimum Gasteiger partial charge on any atom is -0.368 e. The predicted octanol–water partition coefficient (Wildman–Crippen LogP) is 1.13. The second kappa shape index (κ2) is 3.04. The first-order valence-electron chi connectivity index (χ1n) is 4.74. The summed E-state index contributed by atoms with van der Waals surface area (Å²) in [6.45, 7) is 3.86. The van der Waals surface area contributed by atoms with Gasteiger partial charge in [-0.2, -0.15) is 0 Å². The van der Waals surface area contributed by atoms with E-state index in [-0.39, 0.29) is 11.7 Å². The molecule has 1 aliphatic carbocycles. The third-order valence-electron chi connectivity index (χ3n) is 2.54. The molecule has 1 atom stereocenters. The van der Waals surface area contributed by atoms with Crippen LogP contribution in [0.3, 0.4) is 0 Å². The maximum Gasteiger partial charge on any atom is 0.220 e. The number of rotatable bonds is 0. The first kappa shape index (κ1) is 9.12. The molecule has 0 radical (unpaired) electrons. The summed E-state index contributed by atoms with van der Waals surface area (Å²) < 4.78 is 0. The van der Waals surface area contributed by atoms with Gasteiger partial charge in [-0.3, -0.25) is 4.79 Å². The molecular weight excluding hydrogens is 178 g/mol. The number of ketones is 1. The van der Waals surface area contributed by atoms with E-state index in [1.807, 2.05) is 6.92 Å². The number of carbonyl (C=O) groups is 1. The van der Waals surface area contributed by atoms with Gasteiger partial charge in [0.15, 0.2) is 5.78 Å². The molecule has 14 heavy (non-hydrogen) atoms. The van der Waals surface area contributed by atoms with Crippen molar-refractivity contribution >= 4 is 11.7 Å². The summed E-state index contributed by atoms with van der Waals surface area (Å²) in [5.41, 5.74) is 7.76. The lowest BCUT2D eigenvalue weighted by molar-refractivity contribution is 0.0951. The van der Waals surface area contributed by atoms with E-state index >= 15 is 0 Å². The standard InChI is InChI=1S/C10H13N3O/c1-5-3-7-9(8(14)4-5)6(2)12-10(11)13-7/h5H,3-4H2,1-2H3,(H2,11,12,13)/t5-/m1/s1. The van der Waals surface area contributed by atoms with Crippen LogP contribution in [0.5, 0.6) is 0 Å². The van der Waals surface area contributed by atoms with Crippen LogP contribution in [-0.4, -0.2) is 15.8 Å². The number of aryl methyl sites for hydroxylation is 1. The smallest absolute Gasteiger partial charge is 0.220 e. The Kier molecular flexibility index (Phi) is 1.98. The molecule has 0 fully saturated rings. The quantitative estimate of drug-likeness (QED) is 0.667. The molecule has 1 aromatic rings. The van der Waals surface area contributed by atoms with Crippen molar-refractivity contribution in [3.8, 4) is 0 Å². The Morgan fingerprint density at radius 2 is 2.07 bits per heavy atom. The molecule has 1 aromatic heterocycles. The van der Waals surface area contributed by atoms with Crippen molar-refractivity contribution in [2.45, 2.75) is 26.7 Å². The van der Waals surface area contributed by atoms with Gasteiger partial charge in [-0.15, -0.1) is 0 Å². The highest BCUT2D eigenvalue weighted by Crippen LogP contribution is 2.25. The molecule has 2 N–H and O–H groups in total. The van der Waals surface area contributed by atoms with E-state index in [1.165, 1.54) is 0 Å². The number of carbonyl (C=O) groups excluding carboxylic acids is 1. The number of aromatic nitrogens is 2. The van der Waals surface area contributed by atoms with Gasteiger partial charge >= 0.3 is 0 Å². The molecule has 4 nitrogen and oxygen atoms in total. The number of hydrogen-bond acceptors (Lipinski definition) is 4. The van der Waals surface area contributed by atoms with E-state index in [0.29, 0.717) is 23.6 Å². The summed E-state index contributed by atoms with van der Waals surface area (Å²) in [4.78, 5) is 19.8. The van der Waals surface area contributed by atoms with Crippen molar-refractivity contribution in [1.29, 1.82) is 0 Å². The van der Waals surface area contributed by atoms with Gasteiger partial charge < -0.3 is 5.73 Å². The molecule has 1 aliphatic rings. The summed E-state index contributed by atoms with van der Waals surface area (Å²) in [6.07, 6.45) is 1.43. The first-order chi connectivity index (χ1) is 6.58. The zero-order valence-electron chi connectivity index (χ0n) is 8.37. The van der Waals surface area contributed by atoms with Crippen molar-refractivity contribution in [2.75, 3.05) is 5.73 Å². The van der Waals surface area contributed by atoms with Crippen molar-refractivity contribution < 1.29 is 4.79 Å². The molecule has 0 amide bonds. The van der Waals surface area contributed by atoms with Crippen molar-refractivity contribution in [1.82, 2.24) is 9.97 Å². The lowest BCUT2D eigenvalue weighted by Gasteiger charge is -2.20. The van der Waals surface area contributed by atoms with Gasteiger partial charge in [0.05, 0.1) is 17.0 Å². The lowest BCUT2D eigenvalue weighted by Crippen LogP contribution is -2.22. The summed E-state index contributed by atoms with van der Waals surface area (Å²) in [7, 11) is 0. The fraction of sp³-hybridized carbons (Fsp3) is 0.500. The monoisotopic (exact) mass is 191 g/mol. The van der Waals surface area contributed by atoms with E-state index in [4.69, 9.17) is 5.73 Å². The molecule has 0 unspecified atom stereocenters. The number of anilines is 1. The van der Waals surface area contributed by atoms with Gasteiger partial charge in [-0.25, -0.2) is 9.97 Å². The maximum atomic E-state index is 11.7. The Morgan fingerprint density at radius 3 is 2.79 bits per heavy atom. The van der Waals surface area contributed by atoms with Crippen LogP contribution in [0.4, 0.5) is 5.95 Å². The number of nitrogen functional groups attached to an aromatic ring is 1. The highest BCUT2D eigenvalue weighted by molar-refractivity contribution is 5.99. The molecule has 2 rings (SSSR count). The van der Waals surface area contributed by atoms with Crippen LogP contribution in [-0.2, 0) is 6.42 Å². The number of fused-ring (bicyclic) bond motifs is 1. The van der Waals surface area contributed by atoms with Crippen molar-refractivity contribution in [3.63, 3.8) is 0 Å². The number of nitrogens with two attached hydrogens (primary N) is 1. The Labute approximate surface area is 82.6 Å². The number of hydrogen-bond donors (Lipinski definition) is 1. The molecule has 0 bridgehead atoms. The average molecular weight is 191 g/mol. The molecule has 74 valence electrons. The molecule has 0 aliphatic heterocycles. The van der Waals surface area contributed by atoms with Gasteiger partial charge in [0.1, 0.15) is 0 Å². The SMILES string of the molecule is Cc1nc(N)nc2c1C(=O)C[C@H](C)C2. The maximum absolute atomic E-state index is 11.7. The number of Topliss-reactive ketones (excluding diaryl/α,β-unsaturated/α-hetero) is 1.